The molecule has 6 heteroatoms. The van der Waals surface area contributed by atoms with Gasteiger partial charge in [-0.15, -0.1) is 0 Å². The standard InChI is InChI=1S/C22H22FN3OS/c23-18-7-8-20-19(14-18)24-22(28-20)26-11-9-25(10-12-26)21(27)13-15-1-3-16(4-2-15)17-5-6-17/h1-4,7-8,14,17H,5-6,9-13H2. The molecule has 2 fully saturated rings. The molecule has 28 heavy (non-hydrogen) atoms. The number of aromatic nitrogens is 1. The molecular formula is C22H22FN3OS. The number of benzene rings is 2. The largest absolute Gasteiger partial charge is 0.345 e. The lowest BCUT2D eigenvalue weighted by Gasteiger charge is -2.34. The molecule has 0 bridgehead atoms. The van der Waals surface area contributed by atoms with Crippen LogP contribution < -0.4 is 4.90 Å². The Bertz CT molecular complexity index is 1000. The third kappa shape index (κ3) is 3.61. The molecule has 2 aliphatic rings. The molecular weight excluding hydrogens is 373 g/mol. The zero-order valence-electron chi connectivity index (χ0n) is 15.6. The maximum absolute atomic E-state index is 13.4. The predicted molar refractivity (Wildman–Crippen MR) is 110 cm³/mol. The number of rotatable bonds is 4. The maximum atomic E-state index is 13.4. The van der Waals surface area contributed by atoms with Crippen LogP contribution in [0.1, 0.15) is 29.9 Å². The van der Waals surface area contributed by atoms with E-state index in [0.29, 0.717) is 25.0 Å². The van der Waals surface area contributed by atoms with Gasteiger partial charge in [0.15, 0.2) is 5.13 Å². The van der Waals surface area contributed by atoms with Crippen molar-refractivity contribution in [3.05, 3.63) is 59.4 Å². The number of thiazole rings is 1. The van der Waals surface area contributed by atoms with E-state index in [9.17, 15) is 9.18 Å². The fourth-order valence-electron chi connectivity index (χ4n) is 3.78. The molecule has 1 saturated heterocycles. The van der Waals surface area contributed by atoms with Gasteiger partial charge in [-0.05, 0) is 42.0 Å². The minimum absolute atomic E-state index is 0.185. The van der Waals surface area contributed by atoms with E-state index in [1.54, 1.807) is 17.4 Å². The maximum Gasteiger partial charge on any atom is 0.227 e. The molecule has 144 valence electrons. The molecule has 0 atom stereocenters. The second-order valence-electron chi connectivity index (χ2n) is 7.67. The van der Waals surface area contributed by atoms with Crippen LogP contribution >= 0.6 is 11.3 Å². The quantitative estimate of drug-likeness (QED) is 0.664. The number of piperazine rings is 1. The number of nitrogens with zero attached hydrogens (tertiary/aromatic N) is 3. The van der Waals surface area contributed by atoms with Crippen molar-refractivity contribution in [2.75, 3.05) is 31.1 Å². The van der Waals surface area contributed by atoms with Crippen LogP contribution in [0, 0.1) is 5.82 Å². The summed E-state index contributed by atoms with van der Waals surface area (Å²) in [6, 6.07) is 13.3. The highest BCUT2D eigenvalue weighted by Crippen LogP contribution is 2.39. The third-order valence-corrected chi connectivity index (χ3v) is 6.72. The Morgan fingerprint density at radius 2 is 1.82 bits per heavy atom. The van der Waals surface area contributed by atoms with Gasteiger partial charge in [0.2, 0.25) is 5.91 Å². The molecule has 0 radical (unpaired) electrons. The van der Waals surface area contributed by atoms with E-state index < -0.39 is 0 Å². The summed E-state index contributed by atoms with van der Waals surface area (Å²) in [6.07, 6.45) is 3.06. The van der Waals surface area contributed by atoms with Gasteiger partial charge in [0.05, 0.1) is 16.6 Å². The first-order valence-electron chi connectivity index (χ1n) is 9.83. The molecule has 1 saturated carbocycles. The van der Waals surface area contributed by atoms with Crippen LogP contribution in [0.3, 0.4) is 0 Å². The Balaban J connectivity index is 1.19. The van der Waals surface area contributed by atoms with E-state index in [0.717, 1.165) is 34.4 Å². The fraction of sp³-hybridized carbons (Fsp3) is 0.364. The molecule has 1 aliphatic carbocycles. The summed E-state index contributed by atoms with van der Waals surface area (Å²) >= 11 is 1.58. The van der Waals surface area contributed by atoms with Crippen molar-refractivity contribution in [3.8, 4) is 0 Å². The highest BCUT2D eigenvalue weighted by molar-refractivity contribution is 7.22. The Morgan fingerprint density at radius 3 is 2.54 bits per heavy atom. The highest BCUT2D eigenvalue weighted by atomic mass is 32.1. The number of anilines is 1. The molecule has 1 aromatic heterocycles. The van der Waals surface area contributed by atoms with Crippen molar-refractivity contribution < 1.29 is 9.18 Å². The van der Waals surface area contributed by atoms with Crippen molar-refractivity contribution in [2.45, 2.75) is 25.2 Å². The van der Waals surface area contributed by atoms with Gasteiger partial charge >= 0.3 is 0 Å². The normalized spacial score (nSPS) is 17.3. The Morgan fingerprint density at radius 1 is 1.07 bits per heavy atom. The van der Waals surface area contributed by atoms with Crippen LogP contribution in [0.15, 0.2) is 42.5 Å². The molecule has 2 aromatic carbocycles. The molecule has 0 N–H and O–H groups in total. The van der Waals surface area contributed by atoms with Crippen LogP contribution in [0.5, 0.6) is 0 Å². The Labute approximate surface area is 167 Å². The van der Waals surface area contributed by atoms with Crippen molar-refractivity contribution in [2.24, 2.45) is 0 Å². The van der Waals surface area contributed by atoms with Gasteiger partial charge in [-0.2, -0.15) is 0 Å². The van der Waals surface area contributed by atoms with Crippen molar-refractivity contribution in [3.63, 3.8) is 0 Å². The Hall–Kier alpha value is -2.47. The fourth-order valence-corrected chi connectivity index (χ4v) is 4.78. The van der Waals surface area contributed by atoms with E-state index in [1.807, 2.05) is 4.90 Å². The van der Waals surface area contributed by atoms with Crippen LogP contribution in [0.2, 0.25) is 0 Å². The number of fused-ring (bicyclic) bond motifs is 1. The van der Waals surface area contributed by atoms with Crippen LogP contribution in [0.4, 0.5) is 9.52 Å². The summed E-state index contributed by atoms with van der Waals surface area (Å²) in [7, 11) is 0. The van der Waals surface area contributed by atoms with Crippen LogP contribution in [-0.2, 0) is 11.2 Å². The second-order valence-corrected chi connectivity index (χ2v) is 8.68. The van der Waals surface area contributed by atoms with Crippen LogP contribution in [0.25, 0.3) is 10.2 Å². The summed E-state index contributed by atoms with van der Waals surface area (Å²) in [5, 5.41) is 0.906. The SMILES string of the molecule is O=C(Cc1ccc(C2CC2)cc1)N1CCN(c2nc3cc(F)ccc3s2)CC1. The van der Waals surface area contributed by atoms with Crippen LogP contribution in [-0.4, -0.2) is 42.0 Å². The summed E-state index contributed by atoms with van der Waals surface area (Å²) in [4.78, 5) is 21.4. The highest BCUT2D eigenvalue weighted by Gasteiger charge is 2.25. The predicted octanol–water partition coefficient (Wildman–Crippen LogP) is 4.20. The van der Waals surface area contributed by atoms with Gasteiger partial charge in [0.1, 0.15) is 5.82 Å². The molecule has 2 heterocycles. The van der Waals surface area contributed by atoms with Gasteiger partial charge in [-0.3, -0.25) is 4.79 Å². The number of amides is 1. The van der Waals surface area contributed by atoms with E-state index in [1.165, 1.54) is 30.5 Å². The summed E-state index contributed by atoms with van der Waals surface area (Å²) < 4.78 is 14.4. The van der Waals surface area contributed by atoms with Gasteiger partial charge in [-0.1, -0.05) is 35.6 Å². The van der Waals surface area contributed by atoms with E-state index in [-0.39, 0.29) is 11.7 Å². The average Bonchev–Trinajstić information content (AvgIpc) is 3.48. The third-order valence-electron chi connectivity index (χ3n) is 5.63. The number of hydrogen-bond acceptors (Lipinski definition) is 4. The van der Waals surface area contributed by atoms with E-state index in [2.05, 4.69) is 34.1 Å². The molecule has 0 unspecified atom stereocenters. The number of carbonyl (C=O) groups excluding carboxylic acids is 1. The zero-order valence-corrected chi connectivity index (χ0v) is 16.4. The molecule has 1 amide bonds. The lowest BCUT2D eigenvalue weighted by molar-refractivity contribution is -0.130. The first-order chi connectivity index (χ1) is 13.7. The van der Waals surface area contributed by atoms with Gasteiger partial charge < -0.3 is 9.80 Å². The minimum atomic E-state index is -0.259. The van der Waals surface area contributed by atoms with Crippen molar-refractivity contribution in [1.29, 1.82) is 0 Å². The number of halogens is 1. The van der Waals surface area contributed by atoms with Gasteiger partial charge in [0.25, 0.3) is 0 Å². The monoisotopic (exact) mass is 395 g/mol. The lowest BCUT2D eigenvalue weighted by atomic mass is 10.1. The second kappa shape index (κ2) is 7.17. The average molecular weight is 396 g/mol. The first kappa shape index (κ1) is 17.6. The summed E-state index contributed by atoms with van der Waals surface area (Å²) in [5.74, 6) is 0.673. The topological polar surface area (TPSA) is 36.4 Å². The zero-order chi connectivity index (χ0) is 19.1. The van der Waals surface area contributed by atoms with E-state index >= 15 is 0 Å². The molecule has 4 nitrogen and oxygen atoms in total. The summed E-state index contributed by atoms with van der Waals surface area (Å²) in [6.45, 7) is 2.91. The Kier molecular flexibility index (Phi) is 4.51. The smallest absolute Gasteiger partial charge is 0.227 e. The number of hydrogen-bond donors (Lipinski definition) is 0. The summed E-state index contributed by atoms with van der Waals surface area (Å²) in [5.41, 5.74) is 3.19. The van der Waals surface area contributed by atoms with Crippen molar-refractivity contribution in [1.82, 2.24) is 9.88 Å². The lowest BCUT2D eigenvalue weighted by Crippen LogP contribution is -2.49. The molecule has 1 aliphatic heterocycles. The molecule has 0 spiro atoms. The molecule has 3 aromatic rings. The minimum Gasteiger partial charge on any atom is -0.345 e. The molecule has 5 rings (SSSR count). The van der Waals surface area contributed by atoms with Gasteiger partial charge in [0, 0.05) is 32.2 Å². The van der Waals surface area contributed by atoms with Crippen molar-refractivity contribution >= 4 is 32.6 Å². The van der Waals surface area contributed by atoms with Gasteiger partial charge in [-0.25, -0.2) is 9.37 Å². The number of carbonyl (C=O) groups is 1. The van der Waals surface area contributed by atoms with E-state index in [4.69, 9.17) is 0 Å². The first-order valence-corrected chi connectivity index (χ1v) is 10.6.